The molecule has 0 saturated heterocycles. The lowest BCUT2D eigenvalue weighted by Gasteiger charge is -2.34. The van der Waals surface area contributed by atoms with E-state index in [1.165, 1.54) is 16.0 Å². The van der Waals surface area contributed by atoms with E-state index >= 15 is 0 Å². The highest BCUT2D eigenvalue weighted by Gasteiger charge is 2.30. The number of rotatable bonds is 6. The van der Waals surface area contributed by atoms with Crippen molar-refractivity contribution in [1.82, 2.24) is 4.68 Å². The molecule has 0 unspecified atom stereocenters. The summed E-state index contributed by atoms with van der Waals surface area (Å²) in [7, 11) is -3.50. The Labute approximate surface area is 173 Å². The molecule has 3 heterocycles. The fraction of sp³-hybridized carbons (Fsp3) is 0.263. The van der Waals surface area contributed by atoms with Crippen LogP contribution in [0.3, 0.4) is 0 Å². The number of thiophene rings is 1. The third kappa shape index (κ3) is 3.48. The molecule has 0 spiro atoms. The van der Waals surface area contributed by atoms with Crippen molar-refractivity contribution in [1.29, 1.82) is 0 Å². The van der Waals surface area contributed by atoms with E-state index in [4.69, 9.17) is 0 Å². The van der Waals surface area contributed by atoms with Crippen molar-refractivity contribution in [3.8, 4) is 5.75 Å². The molecule has 3 aromatic rings. The number of pyridine rings is 1. The highest BCUT2D eigenvalue weighted by atomic mass is 32.3. The molecule has 1 aromatic carbocycles. The fourth-order valence-corrected chi connectivity index (χ4v) is 5.26. The lowest BCUT2D eigenvalue weighted by atomic mass is 10.2. The monoisotopic (exact) mass is 434 g/mol. The molecule has 0 saturated carbocycles. The van der Waals surface area contributed by atoms with Gasteiger partial charge in [-0.15, -0.1) is 15.7 Å². The lowest BCUT2D eigenvalue weighted by molar-refractivity contribution is 0.479. The van der Waals surface area contributed by atoms with Crippen LogP contribution in [0, 0.1) is 0 Å². The van der Waals surface area contributed by atoms with Crippen molar-refractivity contribution < 1.29 is 14.2 Å². The molecule has 29 heavy (non-hydrogen) atoms. The molecule has 2 aromatic heterocycles. The van der Waals surface area contributed by atoms with Crippen LogP contribution >= 0.6 is 22.1 Å². The van der Waals surface area contributed by atoms with Gasteiger partial charge in [-0.1, -0.05) is 42.7 Å². The average Bonchev–Trinajstić information content (AvgIpc) is 3.17. The largest absolute Gasteiger partial charge is 0.505 e. The van der Waals surface area contributed by atoms with Gasteiger partial charge < -0.3 is 15.8 Å². The number of unbranched alkanes of at least 4 members (excludes halogenated alkanes) is 2. The number of aromatic nitrogens is 1. The first-order valence-electron chi connectivity index (χ1n) is 9.27. The van der Waals surface area contributed by atoms with Gasteiger partial charge in [-0.3, -0.25) is 13.9 Å². The van der Waals surface area contributed by atoms with Gasteiger partial charge in [-0.05, 0) is 30.0 Å². The van der Waals surface area contributed by atoms with Crippen LogP contribution in [0.2, 0.25) is 0 Å². The van der Waals surface area contributed by atoms with Crippen LogP contribution in [0.5, 0.6) is 5.75 Å². The van der Waals surface area contributed by atoms with Crippen molar-refractivity contribution in [3.63, 3.8) is 0 Å². The predicted octanol–water partition coefficient (Wildman–Crippen LogP) is 4.40. The van der Waals surface area contributed by atoms with Gasteiger partial charge in [-0.25, -0.2) is 4.68 Å². The van der Waals surface area contributed by atoms with Crippen molar-refractivity contribution in [2.45, 2.75) is 31.1 Å². The molecule has 0 radical (unpaired) electrons. The summed E-state index contributed by atoms with van der Waals surface area (Å²) in [5, 5.41) is 15.6. The van der Waals surface area contributed by atoms with Gasteiger partial charge in [0, 0.05) is 6.54 Å². The molecule has 5 N–H and O–H groups in total. The van der Waals surface area contributed by atoms with E-state index in [0.717, 1.165) is 19.3 Å². The van der Waals surface area contributed by atoms with Crippen LogP contribution in [0.4, 0.5) is 5.69 Å². The predicted molar refractivity (Wildman–Crippen MR) is 119 cm³/mol. The molecule has 1 aliphatic heterocycles. The summed E-state index contributed by atoms with van der Waals surface area (Å²) in [5.41, 5.74) is 3.52. The van der Waals surface area contributed by atoms with Gasteiger partial charge in [-0.2, -0.15) is 0 Å². The highest BCUT2D eigenvalue weighted by molar-refractivity contribution is 8.23. The number of benzene rings is 1. The maximum atomic E-state index is 13.3. The lowest BCUT2D eigenvalue weighted by Crippen LogP contribution is -2.36. The molecular formula is C19H22N4O4S2. The molecule has 0 atom stereocenters. The molecular weight excluding hydrogens is 412 g/mol. The number of hydrogen-bond donors (Lipinski definition) is 5. The SMILES string of the molecule is CCCCCNn1c(=O)c(C2=NS(O)(O)c3ccccc3N2)c(O)c2sccc21. The maximum Gasteiger partial charge on any atom is 0.284 e. The Balaban J connectivity index is 1.84. The molecule has 1 aliphatic rings. The van der Waals surface area contributed by atoms with Crippen molar-refractivity contribution in [3.05, 3.63) is 51.6 Å². The number of para-hydroxylation sites is 1. The minimum Gasteiger partial charge on any atom is -0.505 e. The van der Waals surface area contributed by atoms with Crippen LogP contribution in [0.1, 0.15) is 31.7 Å². The molecule has 0 aliphatic carbocycles. The number of aromatic hydroxyl groups is 1. The third-order valence-electron chi connectivity index (χ3n) is 4.69. The first kappa shape index (κ1) is 19.8. The van der Waals surface area contributed by atoms with Gasteiger partial charge >= 0.3 is 0 Å². The molecule has 0 fully saturated rings. The van der Waals surface area contributed by atoms with E-state index in [1.54, 1.807) is 35.7 Å². The van der Waals surface area contributed by atoms with E-state index < -0.39 is 16.3 Å². The second-order valence-corrected chi connectivity index (χ2v) is 9.27. The zero-order valence-corrected chi connectivity index (χ0v) is 17.4. The average molecular weight is 435 g/mol. The van der Waals surface area contributed by atoms with E-state index in [-0.39, 0.29) is 22.0 Å². The number of nitrogens with one attached hydrogen (secondary N) is 2. The van der Waals surface area contributed by atoms with E-state index in [2.05, 4.69) is 22.1 Å². The Bertz CT molecular complexity index is 1150. The molecule has 154 valence electrons. The summed E-state index contributed by atoms with van der Waals surface area (Å²) in [6.07, 6.45) is 2.99. The minimum atomic E-state index is -3.50. The van der Waals surface area contributed by atoms with E-state index in [9.17, 15) is 19.0 Å². The third-order valence-corrected chi connectivity index (χ3v) is 6.99. The van der Waals surface area contributed by atoms with Crippen LogP contribution in [-0.4, -0.2) is 31.3 Å². The van der Waals surface area contributed by atoms with Crippen LogP contribution in [0.15, 0.2) is 49.8 Å². The topological polar surface area (TPSA) is 119 Å². The summed E-state index contributed by atoms with van der Waals surface area (Å²) in [5.74, 6) is -0.293. The Morgan fingerprint density at radius 2 is 2.03 bits per heavy atom. The van der Waals surface area contributed by atoms with Crippen LogP contribution in [-0.2, 0) is 0 Å². The molecule has 4 rings (SSSR count). The van der Waals surface area contributed by atoms with Gasteiger partial charge in [0.1, 0.15) is 10.5 Å². The second-order valence-electron chi connectivity index (χ2n) is 6.69. The smallest absolute Gasteiger partial charge is 0.284 e. The summed E-state index contributed by atoms with van der Waals surface area (Å²) in [6.45, 7) is 2.70. The number of hydrogen-bond acceptors (Lipinski definition) is 8. The van der Waals surface area contributed by atoms with Crippen LogP contribution in [0.25, 0.3) is 10.2 Å². The summed E-state index contributed by atoms with van der Waals surface area (Å²) in [4.78, 5) is 13.5. The summed E-state index contributed by atoms with van der Waals surface area (Å²) >= 11 is 1.29. The van der Waals surface area contributed by atoms with Crippen molar-refractivity contribution in [2.24, 2.45) is 4.40 Å². The molecule has 10 heteroatoms. The van der Waals surface area contributed by atoms with Crippen molar-refractivity contribution in [2.75, 3.05) is 17.3 Å². The van der Waals surface area contributed by atoms with Gasteiger partial charge in [0.05, 0.1) is 15.9 Å². The van der Waals surface area contributed by atoms with Gasteiger partial charge in [0.25, 0.3) is 5.56 Å². The highest BCUT2D eigenvalue weighted by Crippen LogP contribution is 2.55. The Morgan fingerprint density at radius 1 is 1.24 bits per heavy atom. The standard InChI is InChI=1S/C19H22N4O4S2/c1-2-3-6-10-20-23-13-9-11-28-17(13)16(24)15(19(23)25)18-21-12-7-4-5-8-14(12)29(26,27)22-18/h4-5,7-9,11,20,24,26-27H,2-3,6,10H2,1H3,(H,21,22). The van der Waals surface area contributed by atoms with Crippen LogP contribution < -0.4 is 16.3 Å². The van der Waals surface area contributed by atoms with Gasteiger partial charge in [0.2, 0.25) is 0 Å². The van der Waals surface area contributed by atoms with E-state index in [1.807, 2.05) is 0 Å². The number of fused-ring (bicyclic) bond motifs is 2. The molecule has 0 bridgehead atoms. The first-order chi connectivity index (χ1) is 13.9. The minimum absolute atomic E-state index is 0.0643. The van der Waals surface area contributed by atoms with Crippen molar-refractivity contribution >= 4 is 43.9 Å². The second kappa shape index (κ2) is 7.71. The number of amidine groups is 1. The van der Waals surface area contributed by atoms with E-state index in [0.29, 0.717) is 22.4 Å². The fourth-order valence-electron chi connectivity index (χ4n) is 3.27. The molecule has 8 nitrogen and oxygen atoms in total. The number of anilines is 1. The normalized spacial score (nSPS) is 16.0. The maximum absolute atomic E-state index is 13.3. The Kier molecular flexibility index (Phi) is 5.26. The zero-order chi connectivity index (χ0) is 20.6. The summed E-state index contributed by atoms with van der Waals surface area (Å²) < 4.78 is 26.9. The Morgan fingerprint density at radius 3 is 2.83 bits per heavy atom. The zero-order valence-electron chi connectivity index (χ0n) is 15.8. The number of nitrogens with zero attached hydrogens (tertiary/aromatic N) is 2. The summed E-state index contributed by atoms with van der Waals surface area (Å²) in [6, 6.07) is 8.41. The first-order valence-corrected chi connectivity index (χ1v) is 11.7. The van der Waals surface area contributed by atoms with Gasteiger partial charge in [0.15, 0.2) is 11.6 Å². The quantitative estimate of drug-likeness (QED) is 0.367. The molecule has 0 amide bonds. The Hall–Kier alpha value is -2.53.